The lowest BCUT2D eigenvalue weighted by Gasteiger charge is -2.07. The van der Waals surface area contributed by atoms with Gasteiger partial charge in [-0.2, -0.15) is 0 Å². The molecule has 0 aliphatic carbocycles. The summed E-state index contributed by atoms with van der Waals surface area (Å²) < 4.78 is 0. The Morgan fingerprint density at radius 1 is 1.20 bits per heavy atom. The smallest absolute Gasteiger partial charge is 0.220 e. The first-order chi connectivity index (χ1) is 9.18. The number of nitrogens with two attached hydrogens (primary N) is 1. The molecule has 4 heteroatoms. The van der Waals surface area contributed by atoms with E-state index in [1.807, 2.05) is 13.0 Å². The molecule has 0 saturated heterocycles. The predicted molar refractivity (Wildman–Crippen MR) is 87.1 cm³/mol. The molecular formula is C16H27ClN2O. The number of benzene rings is 1. The van der Waals surface area contributed by atoms with Crippen LogP contribution in [-0.4, -0.2) is 18.5 Å². The largest absolute Gasteiger partial charge is 0.356 e. The standard InChI is InChI=1S/C16H26N2O.ClH/c1-14(17)11-12-16(19)18-13-7-3-6-10-15-8-4-2-5-9-15;/h2,4-5,8-9,14H,3,6-7,10-13,17H2,1H3,(H,18,19);1H. The molecule has 0 fully saturated rings. The van der Waals surface area contributed by atoms with Crippen molar-refractivity contribution in [2.75, 3.05) is 6.54 Å². The molecule has 114 valence electrons. The third-order valence-electron chi connectivity index (χ3n) is 3.13. The van der Waals surface area contributed by atoms with E-state index in [-0.39, 0.29) is 24.4 Å². The Morgan fingerprint density at radius 3 is 2.55 bits per heavy atom. The molecule has 1 atom stereocenters. The van der Waals surface area contributed by atoms with Gasteiger partial charge in [-0.3, -0.25) is 4.79 Å². The van der Waals surface area contributed by atoms with Crippen LogP contribution in [0, 0.1) is 0 Å². The fraction of sp³-hybridized carbons (Fsp3) is 0.562. The highest BCUT2D eigenvalue weighted by atomic mass is 35.5. The van der Waals surface area contributed by atoms with Crippen molar-refractivity contribution >= 4 is 18.3 Å². The van der Waals surface area contributed by atoms with Crippen molar-refractivity contribution in [3.05, 3.63) is 35.9 Å². The number of hydrogen-bond acceptors (Lipinski definition) is 2. The molecule has 1 rings (SSSR count). The van der Waals surface area contributed by atoms with Gasteiger partial charge in [0.1, 0.15) is 0 Å². The van der Waals surface area contributed by atoms with Crippen molar-refractivity contribution in [2.24, 2.45) is 5.73 Å². The lowest BCUT2D eigenvalue weighted by atomic mass is 10.1. The van der Waals surface area contributed by atoms with E-state index in [2.05, 4.69) is 29.6 Å². The van der Waals surface area contributed by atoms with Gasteiger partial charge in [0.2, 0.25) is 5.91 Å². The van der Waals surface area contributed by atoms with Gasteiger partial charge in [-0.25, -0.2) is 0 Å². The summed E-state index contributed by atoms with van der Waals surface area (Å²) in [6.07, 6.45) is 5.82. The molecule has 0 heterocycles. The number of unbranched alkanes of at least 4 members (excludes halogenated alkanes) is 2. The summed E-state index contributed by atoms with van der Waals surface area (Å²) in [6, 6.07) is 10.6. The highest BCUT2D eigenvalue weighted by Crippen LogP contribution is 2.05. The van der Waals surface area contributed by atoms with Crippen molar-refractivity contribution in [1.82, 2.24) is 5.32 Å². The molecule has 1 amide bonds. The summed E-state index contributed by atoms with van der Waals surface area (Å²) in [5.74, 6) is 0.125. The Labute approximate surface area is 128 Å². The van der Waals surface area contributed by atoms with E-state index >= 15 is 0 Å². The summed E-state index contributed by atoms with van der Waals surface area (Å²) in [4.78, 5) is 11.4. The number of carbonyl (C=O) groups is 1. The average Bonchev–Trinajstić information content (AvgIpc) is 2.41. The second-order valence-corrected chi connectivity index (χ2v) is 5.16. The zero-order valence-corrected chi connectivity index (χ0v) is 13.1. The van der Waals surface area contributed by atoms with Crippen LogP contribution in [0.25, 0.3) is 0 Å². The first-order valence-corrected chi connectivity index (χ1v) is 7.24. The molecule has 0 bridgehead atoms. The molecule has 1 unspecified atom stereocenters. The van der Waals surface area contributed by atoms with Gasteiger partial charge >= 0.3 is 0 Å². The van der Waals surface area contributed by atoms with E-state index in [0.717, 1.165) is 32.2 Å². The Hall–Kier alpha value is -1.06. The monoisotopic (exact) mass is 298 g/mol. The number of hydrogen-bond donors (Lipinski definition) is 2. The summed E-state index contributed by atoms with van der Waals surface area (Å²) in [5.41, 5.74) is 7.00. The van der Waals surface area contributed by atoms with Crippen LogP contribution >= 0.6 is 12.4 Å². The van der Waals surface area contributed by atoms with Gasteiger partial charge in [-0.05, 0) is 38.2 Å². The highest BCUT2D eigenvalue weighted by molar-refractivity contribution is 5.85. The first kappa shape index (κ1) is 18.9. The van der Waals surface area contributed by atoms with Crippen LogP contribution in [0.5, 0.6) is 0 Å². The number of carbonyl (C=O) groups excluding carboxylic acids is 1. The molecule has 1 aromatic rings. The minimum Gasteiger partial charge on any atom is -0.356 e. The SMILES string of the molecule is CC(N)CCC(=O)NCCCCCc1ccccc1.Cl. The summed E-state index contributed by atoms with van der Waals surface area (Å²) >= 11 is 0. The van der Waals surface area contributed by atoms with Crippen molar-refractivity contribution in [1.29, 1.82) is 0 Å². The molecule has 3 nitrogen and oxygen atoms in total. The van der Waals surface area contributed by atoms with Crippen LogP contribution in [0.15, 0.2) is 30.3 Å². The van der Waals surface area contributed by atoms with Gasteiger partial charge in [0, 0.05) is 19.0 Å². The van der Waals surface area contributed by atoms with E-state index in [4.69, 9.17) is 5.73 Å². The molecule has 20 heavy (non-hydrogen) atoms. The Morgan fingerprint density at radius 2 is 1.90 bits per heavy atom. The third-order valence-corrected chi connectivity index (χ3v) is 3.13. The maximum Gasteiger partial charge on any atom is 0.220 e. The van der Waals surface area contributed by atoms with E-state index < -0.39 is 0 Å². The van der Waals surface area contributed by atoms with E-state index in [1.54, 1.807) is 0 Å². The number of nitrogens with one attached hydrogen (secondary N) is 1. The topological polar surface area (TPSA) is 55.1 Å². The average molecular weight is 299 g/mol. The van der Waals surface area contributed by atoms with Crippen LogP contribution in [0.2, 0.25) is 0 Å². The highest BCUT2D eigenvalue weighted by Gasteiger charge is 2.02. The van der Waals surface area contributed by atoms with Crippen LogP contribution < -0.4 is 11.1 Å². The maximum absolute atomic E-state index is 11.4. The zero-order chi connectivity index (χ0) is 13.9. The molecular weight excluding hydrogens is 272 g/mol. The Balaban J connectivity index is 0.00000361. The van der Waals surface area contributed by atoms with E-state index in [0.29, 0.717) is 6.42 Å². The molecule has 0 aliphatic heterocycles. The second kappa shape index (κ2) is 11.7. The minimum absolute atomic E-state index is 0. The molecule has 0 saturated carbocycles. The molecule has 0 aliphatic rings. The number of amides is 1. The fourth-order valence-corrected chi connectivity index (χ4v) is 1.95. The first-order valence-electron chi connectivity index (χ1n) is 7.24. The van der Waals surface area contributed by atoms with Gasteiger partial charge in [0.15, 0.2) is 0 Å². The minimum atomic E-state index is 0. The lowest BCUT2D eigenvalue weighted by molar-refractivity contribution is -0.121. The van der Waals surface area contributed by atoms with Crippen LogP contribution in [-0.2, 0) is 11.2 Å². The van der Waals surface area contributed by atoms with Crippen LogP contribution in [0.1, 0.15) is 44.6 Å². The summed E-state index contributed by atoms with van der Waals surface area (Å²) in [6.45, 7) is 2.71. The Bertz CT molecular complexity index is 355. The summed E-state index contributed by atoms with van der Waals surface area (Å²) in [7, 11) is 0. The van der Waals surface area contributed by atoms with Crippen molar-refractivity contribution < 1.29 is 4.79 Å². The molecule has 0 aromatic heterocycles. The summed E-state index contributed by atoms with van der Waals surface area (Å²) in [5, 5.41) is 2.94. The second-order valence-electron chi connectivity index (χ2n) is 5.16. The van der Waals surface area contributed by atoms with Crippen LogP contribution in [0.3, 0.4) is 0 Å². The Kier molecular flexibility index (Phi) is 11.1. The zero-order valence-electron chi connectivity index (χ0n) is 12.3. The van der Waals surface area contributed by atoms with Gasteiger partial charge in [0.25, 0.3) is 0 Å². The quantitative estimate of drug-likeness (QED) is 0.688. The van der Waals surface area contributed by atoms with Crippen molar-refractivity contribution in [3.63, 3.8) is 0 Å². The fourth-order valence-electron chi connectivity index (χ4n) is 1.95. The number of aryl methyl sites for hydroxylation is 1. The van der Waals surface area contributed by atoms with E-state index in [1.165, 1.54) is 12.0 Å². The number of rotatable bonds is 9. The molecule has 1 aromatic carbocycles. The van der Waals surface area contributed by atoms with Crippen molar-refractivity contribution in [2.45, 2.75) is 51.5 Å². The van der Waals surface area contributed by atoms with Gasteiger partial charge < -0.3 is 11.1 Å². The normalized spacial score (nSPS) is 11.5. The molecule has 3 N–H and O–H groups in total. The molecule has 0 radical (unpaired) electrons. The predicted octanol–water partition coefficient (Wildman–Crippen LogP) is 3.06. The lowest BCUT2D eigenvalue weighted by Crippen LogP contribution is -2.26. The third kappa shape index (κ3) is 9.82. The van der Waals surface area contributed by atoms with Gasteiger partial charge in [-0.1, -0.05) is 36.8 Å². The molecule has 0 spiro atoms. The van der Waals surface area contributed by atoms with Gasteiger partial charge in [0.05, 0.1) is 0 Å². The maximum atomic E-state index is 11.4. The van der Waals surface area contributed by atoms with Crippen molar-refractivity contribution in [3.8, 4) is 0 Å². The van der Waals surface area contributed by atoms with Gasteiger partial charge in [-0.15, -0.1) is 12.4 Å². The van der Waals surface area contributed by atoms with E-state index in [9.17, 15) is 4.79 Å². The number of halogens is 1. The van der Waals surface area contributed by atoms with Crippen LogP contribution in [0.4, 0.5) is 0 Å².